The molecule has 6 aromatic carbocycles. The van der Waals surface area contributed by atoms with Crippen molar-refractivity contribution in [2.75, 3.05) is 0 Å². The number of thiophene rings is 1. The van der Waals surface area contributed by atoms with Gasteiger partial charge in [-0.05, 0) is 30.3 Å². The molecule has 0 unspecified atom stereocenters. The zero-order valence-corrected chi connectivity index (χ0v) is 29.9. The van der Waals surface area contributed by atoms with Crippen LogP contribution in [-0.2, 0) is 0 Å². The molecule has 0 radical (unpaired) electrons. The predicted molar refractivity (Wildman–Crippen MR) is 222 cm³/mol. The lowest BCUT2D eigenvalue weighted by atomic mass is 10.1. The lowest BCUT2D eigenvalue weighted by Crippen LogP contribution is -1.97. The van der Waals surface area contributed by atoms with E-state index < -0.39 is 0 Å². The van der Waals surface area contributed by atoms with Gasteiger partial charge in [0.1, 0.15) is 0 Å². The van der Waals surface area contributed by atoms with Gasteiger partial charge in [0.25, 0.3) is 0 Å². The van der Waals surface area contributed by atoms with E-state index in [0.29, 0.717) is 11.6 Å². The van der Waals surface area contributed by atoms with Gasteiger partial charge < -0.3 is 4.57 Å². The average molecular weight is 710 g/mol. The first kappa shape index (κ1) is 31.7. The third-order valence-electron chi connectivity index (χ3n) is 9.67. The number of hydrogen-bond donors (Lipinski definition) is 0. The molecule has 0 atom stereocenters. The lowest BCUT2D eigenvalue weighted by Gasteiger charge is -2.11. The van der Waals surface area contributed by atoms with Gasteiger partial charge in [-0.25, -0.2) is 19.9 Å². The van der Waals surface area contributed by atoms with Gasteiger partial charge in [-0.2, -0.15) is 0 Å². The fourth-order valence-electron chi connectivity index (χ4n) is 7.17. The lowest BCUT2D eigenvalue weighted by molar-refractivity contribution is 1.16. The molecule has 5 nitrogen and oxygen atoms in total. The van der Waals surface area contributed by atoms with Gasteiger partial charge in [0, 0.05) is 38.7 Å². The van der Waals surface area contributed by atoms with Crippen LogP contribution in [0.2, 0.25) is 0 Å². The molecule has 10 rings (SSSR count). The molecule has 0 aliphatic carbocycles. The molecule has 0 spiro atoms. The zero-order chi connectivity index (χ0) is 35.8. The SMILES string of the molecule is c1ccc(-c2cc(-c3ccccc3)nc(-c3sc(-c4nc(-c5ccccc5)cc(-c5ccccc5)n4)c4c3c3ccccc3n4-c3ccccc3)n2)cc1. The van der Waals surface area contributed by atoms with Crippen LogP contribution >= 0.6 is 11.3 Å². The molecule has 4 heterocycles. The van der Waals surface area contributed by atoms with E-state index in [-0.39, 0.29) is 0 Å². The summed E-state index contributed by atoms with van der Waals surface area (Å²) < 4.78 is 2.35. The topological polar surface area (TPSA) is 56.5 Å². The van der Waals surface area contributed by atoms with Crippen LogP contribution in [0.5, 0.6) is 0 Å². The molecule has 0 amide bonds. The third-order valence-corrected chi connectivity index (χ3v) is 10.8. The van der Waals surface area contributed by atoms with Gasteiger partial charge in [0.15, 0.2) is 11.6 Å². The van der Waals surface area contributed by atoms with E-state index >= 15 is 0 Å². The molecule has 10 aromatic rings. The molecule has 0 saturated carbocycles. The first-order chi connectivity index (χ1) is 26.8. The maximum absolute atomic E-state index is 5.34. The van der Waals surface area contributed by atoms with E-state index in [9.17, 15) is 0 Å². The van der Waals surface area contributed by atoms with Gasteiger partial charge in [-0.3, -0.25) is 0 Å². The van der Waals surface area contributed by atoms with E-state index in [1.54, 1.807) is 11.3 Å². The molecule has 0 N–H and O–H groups in total. The largest absolute Gasteiger partial charge is 0.308 e. The Morgan fingerprint density at radius 3 is 1.19 bits per heavy atom. The van der Waals surface area contributed by atoms with Crippen molar-refractivity contribution in [2.24, 2.45) is 0 Å². The summed E-state index contributed by atoms with van der Waals surface area (Å²) in [6, 6.07) is 64.7. The highest BCUT2D eigenvalue weighted by Gasteiger charge is 2.27. The Balaban J connectivity index is 1.32. The maximum atomic E-state index is 5.34. The Morgan fingerprint density at radius 1 is 0.370 bits per heavy atom. The summed E-state index contributed by atoms with van der Waals surface area (Å²) in [4.78, 5) is 23.2. The minimum absolute atomic E-state index is 0.652. The van der Waals surface area contributed by atoms with Crippen LogP contribution in [0.4, 0.5) is 0 Å². The quantitative estimate of drug-likeness (QED) is 0.165. The van der Waals surface area contributed by atoms with E-state index in [0.717, 1.165) is 82.3 Å². The summed E-state index contributed by atoms with van der Waals surface area (Å²) >= 11 is 1.65. The number of para-hydroxylation sites is 2. The Bertz CT molecular complexity index is 2790. The number of fused-ring (bicyclic) bond motifs is 3. The van der Waals surface area contributed by atoms with Crippen LogP contribution in [-0.4, -0.2) is 24.5 Å². The minimum Gasteiger partial charge on any atom is -0.308 e. The standard InChI is InChI=1S/C48H31N5S/c1-6-18-32(19-7-1)38-30-39(33-20-8-2-9-21-33)50-47(49-38)45-43-37-28-16-17-29-42(37)53(36-26-14-5-15-27-36)44(43)46(54-45)48-51-40(34-22-10-3-11-23-34)31-41(52-48)35-24-12-4-13-25-35/h1-31H. The molecule has 0 aliphatic rings. The van der Waals surface area contributed by atoms with Crippen LogP contribution in [0.25, 0.3) is 93.9 Å². The van der Waals surface area contributed by atoms with E-state index in [1.807, 2.05) is 24.3 Å². The minimum atomic E-state index is 0.652. The molecule has 254 valence electrons. The van der Waals surface area contributed by atoms with Crippen LogP contribution in [0.3, 0.4) is 0 Å². The molecular formula is C48H31N5S. The fraction of sp³-hybridized carbons (Fsp3) is 0. The van der Waals surface area contributed by atoms with Crippen molar-refractivity contribution in [3.63, 3.8) is 0 Å². The molecule has 0 aliphatic heterocycles. The van der Waals surface area contributed by atoms with Crippen LogP contribution in [0, 0.1) is 0 Å². The Morgan fingerprint density at radius 2 is 0.741 bits per heavy atom. The van der Waals surface area contributed by atoms with Crippen molar-refractivity contribution >= 4 is 33.1 Å². The zero-order valence-electron chi connectivity index (χ0n) is 29.0. The second-order valence-electron chi connectivity index (χ2n) is 13.1. The summed E-state index contributed by atoms with van der Waals surface area (Å²) in [7, 11) is 0. The number of rotatable bonds is 7. The van der Waals surface area contributed by atoms with Gasteiger partial charge in [0.2, 0.25) is 0 Å². The van der Waals surface area contributed by atoms with Crippen molar-refractivity contribution in [1.82, 2.24) is 24.5 Å². The molecule has 4 aromatic heterocycles. The Labute approximate surface area is 316 Å². The summed E-state index contributed by atoms with van der Waals surface area (Å²) in [5, 5.41) is 2.19. The number of aromatic nitrogens is 5. The number of benzene rings is 6. The van der Waals surface area contributed by atoms with Crippen molar-refractivity contribution in [2.45, 2.75) is 0 Å². The van der Waals surface area contributed by atoms with Crippen LogP contribution < -0.4 is 0 Å². The highest BCUT2D eigenvalue weighted by Crippen LogP contribution is 2.49. The van der Waals surface area contributed by atoms with E-state index in [2.05, 4.69) is 168 Å². The first-order valence-corrected chi connectivity index (χ1v) is 18.7. The normalized spacial score (nSPS) is 11.3. The van der Waals surface area contributed by atoms with Crippen LogP contribution in [0.1, 0.15) is 0 Å². The van der Waals surface area contributed by atoms with Crippen molar-refractivity contribution < 1.29 is 0 Å². The smallest absolute Gasteiger partial charge is 0.172 e. The van der Waals surface area contributed by atoms with E-state index in [4.69, 9.17) is 19.9 Å². The molecule has 0 bridgehead atoms. The number of nitrogens with zero attached hydrogens (tertiary/aromatic N) is 5. The Hall–Kier alpha value is -7.02. The maximum Gasteiger partial charge on any atom is 0.172 e. The van der Waals surface area contributed by atoms with Gasteiger partial charge in [-0.1, -0.05) is 158 Å². The summed E-state index contributed by atoms with van der Waals surface area (Å²) in [5.74, 6) is 1.31. The second kappa shape index (κ2) is 13.5. The highest BCUT2D eigenvalue weighted by atomic mass is 32.1. The second-order valence-corrected chi connectivity index (χ2v) is 14.1. The van der Waals surface area contributed by atoms with Gasteiger partial charge >= 0.3 is 0 Å². The predicted octanol–water partition coefficient (Wildman–Crippen LogP) is 12.4. The average Bonchev–Trinajstić information content (AvgIpc) is 3.81. The van der Waals surface area contributed by atoms with Crippen molar-refractivity contribution in [1.29, 1.82) is 0 Å². The molecule has 54 heavy (non-hydrogen) atoms. The van der Waals surface area contributed by atoms with Gasteiger partial charge in [0.05, 0.1) is 43.6 Å². The molecule has 6 heteroatoms. The van der Waals surface area contributed by atoms with Gasteiger partial charge in [-0.15, -0.1) is 11.3 Å². The highest BCUT2D eigenvalue weighted by molar-refractivity contribution is 7.21. The van der Waals surface area contributed by atoms with Crippen molar-refractivity contribution in [3.05, 3.63) is 188 Å². The van der Waals surface area contributed by atoms with Crippen molar-refractivity contribution in [3.8, 4) is 72.1 Å². The van der Waals surface area contributed by atoms with Crippen LogP contribution in [0.15, 0.2) is 188 Å². The summed E-state index contributed by atoms with van der Waals surface area (Å²) in [6.07, 6.45) is 0. The first-order valence-electron chi connectivity index (χ1n) is 17.9. The molecule has 0 fully saturated rings. The molecular weight excluding hydrogens is 679 g/mol. The summed E-state index contributed by atoms with van der Waals surface area (Å²) in [5.41, 5.74) is 10.7. The monoisotopic (exact) mass is 709 g/mol. The molecule has 0 saturated heterocycles. The summed E-state index contributed by atoms with van der Waals surface area (Å²) in [6.45, 7) is 0. The number of hydrogen-bond acceptors (Lipinski definition) is 5. The third kappa shape index (κ3) is 5.66. The van der Waals surface area contributed by atoms with E-state index in [1.165, 1.54) is 0 Å². The fourth-order valence-corrected chi connectivity index (χ4v) is 8.33. The Kier molecular flexibility index (Phi) is 7.93.